The first-order valence-corrected chi connectivity index (χ1v) is 6.56. The van der Waals surface area contributed by atoms with Gasteiger partial charge in [0.2, 0.25) is 11.8 Å². The zero-order chi connectivity index (χ0) is 14.8. The number of nitro groups is 1. The van der Waals surface area contributed by atoms with Gasteiger partial charge in [0.05, 0.1) is 23.7 Å². The number of nitrogens with zero attached hydrogens (tertiary/aromatic N) is 4. The van der Waals surface area contributed by atoms with Gasteiger partial charge in [-0.25, -0.2) is 4.98 Å². The lowest BCUT2D eigenvalue weighted by Crippen LogP contribution is -2.53. The Hall–Kier alpha value is -1.96. The fourth-order valence-electron chi connectivity index (χ4n) is 2.19. The molecule has 1 saturated heterocycles. The van der Waals surface area contributed by atoms with E-state index in [1.54, 1.807) is 0 Å². The molecule has 0 bridgehead atoms. The van der Waals surface area contributed by atoms with Crippen LogP contribution in [0.15, 0.2) is 6.20 Å². The van der Waals surface area contributed by atoms with Gasteiger partial charge in [-0.05, 0) is 20.8 Å². The second-order valence-corrected chi connectivity index (χ2v) is 5.21. The van der Waals surface area contributed by atoms with E-state index in [-0.39, 0.29) is 11.2 Å². The lowest BCUT2D eigenvalue weighted by Gasteiger charge is -2.42. The van der Waals surface area contributed by atoms with E-state index in [4.69, 9.17) is 4.74 Å². The molecule has 1 aromatic heterocycles. The van der Waals surface area contributed by atoms with Gasteiger partial charge < -0.3 is 15.0 Å². The highest BCUT2D eigenvalue weighted by molar-refractivity contribution is 5.60. The molecule has 0 unspecified atom stereocenters. The minimum Gasteiger partial charge on any atom is -0.377 e. The van der Waals surface area contributed by atoms with Crippen molar-refractivity contribution in [2.75, 3.05) is 36.5 Å². The molecule has 1 aliphatic rings. The van der Waals surface area contributed by atoms with Crippen LogP contribution in [0.3, 0.4) is 0 Å². The van der Waals surface area contributed by atoms with E-state index >= 15 is 0 Å². The second kappa shape index (κ2) is 5.58. The Kier molecular flexibility index (Phi) is 4.03. The summed E-state index contributed by atoms with van der Waals surface area (Å²) in [6, 6.07) is 0. The van der Waals surface area contributed by atoms with Gasteiger partial charge in [-0.2, -0.15) is 4.98 Å². The molecular weight excluding hydrogens is 262 g/mol. The smallest absolute Gasteiger partial charge is 0.329 e. The van der Waals surface area contributed by atoms with Crippen LogP contribution in [0.1, 0.15) is 20.8 Å². The van der Waals surface area contributed by atoms with Crippen LogP contribution in [0.2, 0.25) is 0 Å². The third-order valence-electron chi connectivity index (χ3n) is 3.18. The standard InChI is InChI=1S/C12H19N5O3/c1-4-13-11-14-7-9(17(18)19)10(15-11)16-5-6-20-8-12(16,2)3/h7H,4-6,8H2,1-3H3,(H,13,14,15). The number of rotatable bonds is 4. The monoisotopic (exact) mass is 281 g/mol. The highest BCUT2D eigenvalue weighted by atomic mass is 16.6. The number of hydrogen-bond donors (Lipinski definition) is 1. The Morgan fingerprint density at radius 1 is 1.60 bits per heavy atom. The molecule has 0 atom stereocenters. The molecule has 1 aliphatic heterocycles. The first kappa shape index (κ1) is 14.4. The third kappa shape index (κ3) is 2.79. The van der Waals surface area contributed by atoms with Crippen molar-refractivity contribution in [1.29, 1.82) is 0 Å². The van der Waals surface area contributed by atoms with Gasteiger partial charge in [-0.15, -0.1) is 0 Å². The van der Waals surface area contributed by atoms with Crippen molar-refractivity contribution < 1.29 is 9.66 Å². The van der Waals surface area contributed by atoms with E-state index < -0.39 is 4.92 Å². The Morgan fingerprint density at radius 3 is 2.95 bits per heavy atom. The van der Waals surface area contributed by atoms with Crippen LogP contribution in [-0.4, -0.2) is 46.7 Å². The van der Waals surface area contributed by atoms with E-state index in [9.17, 15) is 10.1 Å². The van der Waals surface area contributed by atoms with Crippen LogP contribution in [0.5, 0.6) is 0 Å². The second-order valence-electron chi connectivity index (χ2n) is 5.21. The highest BCUT2D eigenvalue weighted by Gasteiger charge is 2.36. The molecule has 1 N–H and O–H groups in total. The number of nitrogens with one attached hydrogen (secondary N) is 1. The number of hydrogen-bond acceptors (Lipinski definition) is 7. The van der Waals surface area contributed by atoms with Gasteiger partial charge in [0.1, 0.15) is 6.20 Å². The minimum atomic E-state index is -0.448. The molecular formula is C12H19N5O3. The summed E-state index contributed by atoms with van der Waals surface area (Å²) in [6.07, 6.45) is 1.26. The fraction of sp³-hybridized carbons (Fsp3) is 0.667. The number of anilines is 2. The van der Waals surface area contributed by atoms with E-state index in [1.807, 2.05) is 25.7 Å². The summed E-state index contributed by atoms with van der Waals surface area (Å²) < 4.78 is 5.44. The third-order valence-corrected chi connectivity index (χ3v) is 3.18. The summed E-state index contributed by atoms with van der Waals surface area (Å²) in [7, 11) is 0. The summed E-state index contributed by atoms with van der Waals surface area (Å²) in [6.45, 7) is 8.13. The summed E-state index contributed by atoms with van der Waals surface area (Å²) >= 11 is 0. The molecule has 2 heterocycles. The van der Waals surface area contributed by atoms with Crippen molar-refractivity contribution in [3.63, 3.8) is 0 Å². The maximum absolute atomic E-state index is 11.2. The first-order chi connectivity index (χ1) is 9.45. The first-order valence-electron chi connectivity index (χ1n) is 6.56. The minimum absolute atomic E-state index is 0.0818. The van der Waals surface area contributed by atoms with Crippen LogP contribution >= 0.6 is 0 Å². The zero-order valence-corrected chi connectivity index (χ0v) is 11.9. The summed E-state index contributed by atoms with van der Waals surface area (Å²) in [5.74, 6) is 0.740. The molecule has 1 aromatic rings. The molecule has 0 amide bonds. The number of aromatic nitrogens is 2. The molecule has 110 valence electrons. The molecule has 0 aliphatic carbocycles. The van der Waals surface area contributed by atoms with Crippen LogP contribution in [0.25, 0.3) is 0 Å². The van der Waals surface area contributed by atoms with Gasteiger partial charge in [0.15, 0.2) is 0 Å². The Bertz CT molecular complexity index is 506. The van der Waals surface area contributed by atoms with Gasteiger partial charge in [-0.1, -0.05) is 0 Å². The van der Waals surface area contributed by atoms with Crippen molar-refractivity contribution in [3.05, 3.63) is 16.3 Å². The number of morpholine rings is 1. The Morgan fingerprint density at radius 2 is 2.35 bits per heavy atom. The van der Waals surface area contributed by atoms with Crippen molar-refractivity contribution in [3.8, 4) is 0 Å². The predicted molar refractivity (Wildman–Crippen MR) is 75.1 cm³/mol. The molecule has 0 radical (unpaired) electrons. The topological polar surface area (TPSA) is 93.4 Å². The van der Waals surface area contributed by atoms with Crippen molar-refractivity contribution in [2.24, 2.45) is 0 Å². The maximum atomic E-state index is 11.2. The summed E-state index contributed by atoms with van der Waals surface area (Å²) in [5.41, 5.74) is -0.428. The van der Waals surface area contributed by atoms with Crippen molar-refractivity contribution >= 4 is 17.5 Å². The van der Waals surface area contributed by atoms with Gasteiger partial charge in [-0.3, -0.25) is 10.1 Å². The van der Waals surface area contributed by atoms with Gasteiger partial charge in [0.25, 0.3) is 0 Å². The molecule has 8 nitrogen and oxygen atoms in total. The molecule has 2 rings (SSSR count). The van der Waals surface area contributed by atoms with Crippen molar-refractivity contribution in [2.45, 2.75) is 26.3 Å². The zero-order valence-electron chi connectivity index (χ0n) is 11.9. The van der Waals surface area contributed by atoms with Crippen LogP contribution < -0.4 is 10.2 Å². The van der Waals surface area contributed by atoms with Crippen LogP contribution in [-0.2, 0) is 4.74 Å². The molecule has 0 saturated carbocycles. The lowest BCUT2D eigenvalue weighted by molar-refractivity contribution is -0.384. The van der Waals surface area contributed by atoms with Crippen LogP contribution in [0, 0.1) is 10.1 Å². The Labute approximate surface area is 117 Å². The highest BCUT2D eigenvalue weighted by Crippen LogP contribution is 2.32. The summed E-state index contributed by atoms with van der Waals surface area (Å²) in [5, 5.41) is 14.2. The average molecular weight is 281 g/mol. The van der Waals surface area contributed by atoms with Crippen molar-refractivity contribution in [1.82, 2.24) is 9.97 Å². The van der Waals surface area contributed by atoms with E-state index in [2.05, 4.69) is 15.3 Å². The van der Waals surface area contributed by atoms with E-state index in [0.717, 1.165) is 0 Å². The molecule has 8 heteroatoms. The predicted octanol–water partition coefficient (Wildman–Crippen LogP) is 1.43. The summed E-state index contributed by atoms with van der Waals surface area (Å²) in [4.78, 5) is 20.9. The molecule has 20 heavy (non-hydrogen) atoms. The normalized spacial score (nSPS) is 17.9. The molecule has 0 spiro atoms. The molecule has 0 aromatic carbocycles. The average Bonchev–Trinajstić information content (AvgIpc) is 2.38. The Balaban J connectivity index is 2.45. The number of ether oxygens (including phenoxy) is 1. The lowest BCUT2D eigenvalue weighted by atomic mass is 10.0. The van der Waals surface area contributed by atoms with E-state index in [0.29, 0.717) is 38.1 Å². The largest absolute Gasteiger partial charge is 0.377 e. The molecule has 1 fully saturated rings. The maximum Gasteiger partial charge on any atom is 0.329 e. The van der Waals surface area contributed by atoms with Gasteiger partial charge in [0, 0.05) is 13.1 Å². The van der Waals surface area contributed by atoms with Gasteiger partial charge >= 0.3 is 5.69 Å². The fourth-order valence-corrected chi connectivity index (χ4v) is 2.19. The quantitative estimate of drug-likeness (QED) is 0.659. The van der Waals surface area contributed by atoms with Crippen LogP contribution in [0.4, 0.5) is 17.5 Å². The van der Waals surface area contributed by atoms with E-state index in [1.165, 1.54) is 6.20 Å². The SMILES string of the molecule is CCNc1ncc([N+](=O)[O-])c(N2CCOCC2(C)C)n1.